The second-order valence-corrected chi connectivity index (χ2v) is 5.89. The number of nitrogens with two attached hydrogens (primary N) is 1. The zero-order valence-corrected chi connectivity index (χ0v) is 11.7. The van der Waals surface area contributed by atoms with Gasteiger partial charge in [-0.05, 0) is 18.4 Å². The Bertz CT molecular complexity index is 695. The van der Waals surface area contributed by atoms with Crippen LogP contribution in [-0.2, 0) is 12.6 Å². The molecule has 0 saturated carbocycles. The molecule has 2 aromatic heterocycles. The van der Waals surface area contributed by atoms with Crippen LogP contribution >= 0.6 is 11.3 Å². The van der Waals surface area contributed by atoms with E-state index in [-0.39, 0.29) is 26.7 Å². The highest BCUT2D eigenvalue weighted by atomic mass is 32.1. The molecule has 0 aliphatic rings. The molecule has 0 unspecified atom stereocenters. The third-order valence-corrected chi connectivity index (χ3v) is 3.78. The van der Waals surface area contributed by atoms with Gasteiger partial charge in [-0.1, -0.05) is 13.8 Å². The number of nitrogens with zero attached hydrogens (tertiary/aromatic N) is 2. The molecule has 0 spiro atoms. The average molecular weight is 299 g/mol. The van der Waals surface area contributed by atoms with Crippen LogP contribution in [0.25, 0.3) is 10.2 Å². The van der Waals surface area contributed by atoms with E-state index >= 15 is 0 Å². The van der Waals surface area contributed by atoms with Crippen LogP contribution in [0.3, 0.4) is 0 Å². The van der Waals surface area contributed by atoms with Crippen molar-refractivity contribution in [1.29, 1.82) is 5.26 Å². The van der Waals surface area contributed by atoms with E-state index in [0.29, 0.717) is 12.1 Å². The van der Waals surface area contributed by atoms with Crippen molar-refractivity contribution in [3.8, 4) is 6.07 Å². The monoisotopic (exact) mass is 299 g/mol. The van der Waals surface area contributed by atoms with E-state index in [9.17, 15) is 13.2 Å². The molecular formula is C13H12F3N3S. The Balaban J connectivity index is 2.78. The van der Waals surface area contributed by atoms with Crippen molar-refractivity contribution in [3.63, 3.8) is 0 Å². The van der Waals surface area contributed by atoms with E-state index < -0.39 is 11.7 Å². The first kappa shape index (κ1) is 14.6. The predicted molar refractivity (Wildman–Crippen MR) is 72.3 cm³/mol. The smallest absolute Gasteiger partial charge is 0.396 e. The van der Waals surface area contributed by atoms with Crippen LogP contribution in [0, 0.1) is 17.2 Å². The van der Waals surface area contributed by atoms with Gasteiger partial charge in [0.2, 0.25) is 0 Å². The van der Waals surface area contributed by atoms with Crippen LogP contribution in [0.4, 0.5) is 18.9 Å². The molecule has 2 heterocycles. The zero-order chi connectivity index (χ0) is 15.1. The number of nitrogen functional groups attached to an aromatic ring is 1. The van der Waals surface area contributed by atoms with Gasteiger partial charge in [-0.25, -0.2) is 4.98 Å². The van der Waals surface area contributed by atoms with Crippen molar-refractivity contribution < 1.29 is 13.2 Å². The van der Waals surface area contributed by atoms with E-state index in [2.05, 4.69) is 4.98 Å². The SMILES string of the molecule is CC(C)Cc1cc(C(F)(F)F)c2c(N)c(C#N)sc2n1. The van der Waals surface area contributed by atoms with Crippen LogP contribution in [0.2, 0.25) is 0 Å². The number of aromatic nitrogens is 1. The number of hydrogen-bond acceptors (Lipinski definition) is 4. The Morgan fingerprint density at radius 2 is 2.10 bits per heavy atom. The van der Waals surface area contributed by atoms with Gasteiger partial charge in [0.05, 0.1) is 11.3 Å². The standard InChI is InChI=1S/C13H12F3N3S/c1-6(2)3-7-4-8(13(14,15)16)10-11(18)9(5-17)20-12(10)19-7/h4,6H,3,18H2,1-2H3. The number of nitriles is 1. The van der Waals surface area contributed by atoms with Crippen molar-refractivity contribution in [2.75, 3.05) is 5.73 Å². The summed E-state index contributed by atoms with van der Waals surface area (Å²) in [7, 11) is 0. The molecule has 7 heteroatoms. The van der Waals surface area contributed by atoms with Gasteiger partial charge in [0, 0.05) is 11.1 Å². The molecule has 2 N–H and O–H groups in total. The maximum Gasteiger partial charge on any atom is 0.417 e. The lowest BCUT2D eigenvalue weighted by molar-refractivity contribution is -0.136. The number of alkyl halides is 3. The molecule has 0 aliphatic heterocycles. The highest BCUT2D eigenvalue weighted by molar-refractivity contribution is 7.19. The summed E-state index contributed by atoms with van der Waals surface area (Å²) in [6.07, 6.45) is -4.08. The average Bonchev–Trinajstić information content (AvgIpc) is 2.63. The molecule has 2 rings (SSSR count). The molecule has 0 atom stereocenters. The number of anilines is 1. The van der Waals surface area contributed by atoms with Gasteiger partial charge in [0.1, 0.15) is 15.8 Å². The molecular weight excluding hydrogens is 287 g/mol. The third kappa shape index (κ3) is 2.56. The highest BCUT2D eigenvalue weighted by Gasteiger charge is 2.35. The molecule has 106 valence electrons. The Kier molecular flexibility index (Phi) is 3.61. The second kappa shape index (κ2) is 4.94. The van der Waals surface area contributed by atoms with E-state index in [1.165, 1.54) is 0 Å². The fourth-order valence-electron chi connectivity index (χ4n) is 2.00. The molecule has 0 bridgehead atoms. The minimum Gasteiger partial charge on any atom is -0.396 e. The lowest BCUT2D eigenvalue weighted by atomic mass is 10.0. The number of thiophene rings is 1. The fraction of sp³-hybridized carbons (Fsp3) is 0.385. The summed E-state index contributed by atoms with van der Waals surface area (Å²) < 4.78 is 39.5. The molecule has 0 amide bonds. The van der Waals surface area contributed by atoms with E-state index in [1.54, 1.807) is 0 Å². The largest absolute Gasteiger partial charge is 0.417 e. The summed E-state index contributed by atoms with van der Waals surface area (Å²) in [6.45, 7) is 3.81. The van der Waals surface area contributed by atoms with E-state index in [0.717, 1.165) is 17.4 Å². The van der Waals surface area contributed by atoms with E-state index in [1.807, 2.05) is 19.9 Å². The van der Waals surface area contributed by atoms with Gasteiger partial charge in [-0.3, -0.25) is 0 Å². The quantitative estimate of drug-likeness (QED) is 0.912. The summed E-state index contributed by atoms with van der Waals surface area (Å²) in [6, 6.07) is 2.84. The maximum atomic E-state index is 13.2. The van der Waals surface area contributed by atoms with E-state index in [4.69, 9.17) is 11.0 Å². The van der Waals surface area contributed by atoms with Gasteiger partial charge in [0.25, 0.3) is 0 Å². The number of rotatable bonds is 2. The Morgan fingerprint density at radius 3 is 2.60 bits per heavy atom. The van der Waals surface area contributed by atoms with Crippen molar-refractivity contribution >= 4 is 27.2 Å². The van der Waals surface area contributed by atoms with Crippen LogP contribution in [-0.4, -0.2) is 4.98 Å². The number of fused-ring (bicyclic) bond motifs is 1. The van der Waals surface area contributed by atoms with Crippen molar-refractivity contribution in [2.45, 2.75) is 26.4 Å². The molecule has 0 aliphatic carbocycles. The topological polar surface area (TPSA) is 62.7 Å². The number of hydrogen-bond donors (Lipinski definition) is 1. The van der Waals surface area contributed by atoms with Crippen LogP contribution in [0.15, 0.2) is 6.07 Å². The molecule has 0 fully saturated rings. The summed E-state index contributed by atoms with van der Waals surface area (Å²) in [5.41, 5.74) is 5.07. The summed E-state index contributed by atoms with van der Waals surface area (Å²) in [5, 5.41) is 8.74. The second-order valence-electron chi connectivity index (χ2n) is 4.89. The van der Waals surface area contributed by atoms with Gasteiger partial charge in [-0.2, -0.15) is 18.4 Å². The molecule has 3 nitrogen and oxygen atoms in total. The lowest BCUT2D eigenvalue weighted by Crippen LogP contribution is -2.09. The van der Waals surface area contributed by atoms with Crippen LogP contribution in [0.5, 0.6) is 0 Å². The van der Waals surface area contributed by atoms with Crippen molar-refractivity contribution in [2.24, 2.45) is 5.92 Å². The lowest BCUT2D eigenvalue weighted by Gasteiger charge is -2.12. The van der Waals surface area contributed by atoms with Crippen LogP contribution in [0.1, 0.15) is 30.0 Å². The van der Waals surface area contributed by atoms with Crippen LogP contribution < -0.4 is 5.73 Å². The summed E-state index contributed by atoms with van der Waals surface area (Å²) in [4.78, 5) is 4.45. The number of halogens is 3. The summed E-state index contributed by atoms with van der Waals surface area (Å²) >= 11 is 0.898. The maximum absolute atomic E-state index is 13.2. The first-order valence-electron chi connectivity index (χ1n) is 5.93. The molecule has 0 aromatic carbocycles. The van der Waals surface area contributed by atoms with Crippen molar-refractivity contribution in [3.05, 3.63) is 22.2 Å². The van der Waals surface area contributed by atoms with Gasteiger partial charge >= 0.3 is 6.18 Å². The van der Waals surface area contributed by atoms with Gasteiger partial charge < -0.3 is 5.73 Å². The third-order valence-electron chi connectivity index (χ3n) is 2.78. The zero-order valence-electron chi connectivity index (χ0n) is 10.9. The molecule has 2 aromatic rings. The minimum atomic E-state index is -4.52. The van der Waals surface area contributed by atoms with Crippen molar-refractivity contribution in [1.82, 2.24) is 4.98 Å². The van der Waals surface area contributed by atoms with Gasteiger partial charge in [-0.15, -0.1) is 11.3 Å². The first-order chi connectivity index (χ1) is 9.24. The normalized spacial score (nSPS) is 12.1. The molecule has 0 saturated heterocycles. The minimum absolute atomic E-state index is 0.0692. The Labute approximate surface area is 117 Å². The molecule has 20 heavy (non-hydrogen) atoms. The molecule has 0 radical (unpaired) electrons. The highest BCUT2D eigenvalue weighted by Crippen LogP contribution is 2.42. The van der Waals surface area contributed by atoms with Gasteiger partial charge in [0.15, 0.2) is 0 Å². The first-order valence-corrected chi connectivity index (χ1v) is 6.75. The fourth-order valence-corrected chi connectivity index (χ4v) is 2.94. The summed E-state index contributed by atoms with van der Waals surface area (Å²) in [5.74, 6) is 0.189. The predicted octanol–water partition coefficient (Wildman–Crippen LogP) is 3.97. The number of pyridine rings is 1. The Morgan fingerprint density at radius 1 is 1.45 bits per heavy atom. The Hall–Kier alpha value is -1.81.